The third-order valence-electron chi connectivity index (χ3n) is 4.22. The monoisotopic (exact) mass is 296 g/mol. The van der Waals surface area contributed by atoms with Crippen molar-refractivity contribution in [2.45, 2.75) is 19.0 Å². The first-order valence-electron chi connectivity index (χ1n) is 7.43. The highest BCUT2D eigenvalue weighted by atomic mass is 16.5. The minimum Gasteiger partial charge on any atom is -0.497 e. The highest BCUT2D eigenvalue weighted by Crippen LogP contribution is 2.34. The van der Waals surface area contributed by atoms with Gasteiger partial charge in [-0.3, -0.25) is 4.79 Å². The number of hydrogen-bond acceptors (Lipinski definition) is 3. The molecule has 4 nitrogen and oxygen atoms in total. The SMILES string of the molecule is COc1ccc2c(c1)CN(C(=O)CN)C(c1ccccc1)C2. The predicted octanol–water partition coefficient (Wildman–Crippen LogP) is 2.28. The van der Waals surface area contributed by atoms with Gasteiger partial charge in [0.05, 0.1) is 19.7 Å². The highest BCUT2D eigenvalue weighted by Gasteiger charge is 2.30. The van der Waals surface area contributed by atoms with Gasteiger partial charge >= 0.3 is 0 Å². The summed E-state index contributed by atoms with van der Waals surface area (Å²) in [6.07, 6.45) is 0.801. The maximum absolute atomic E-state index is 12.3. The van der Waals surface area contributed by atoms with Gasteiger partial charge in [0.15, 0.2) is 0 Å². The van der Waals surface area contributed by atoms with E-state index in [1.165, 1.54) is 5.56 Å². The van der Waals surface area contributed by atoms with Gasteiger partial charge in [0, 0.05) is 6.54 Å². The van der Waals surface area contributed by atoms with Crippen molar-refractivity contribution in [3.63, 3.8) is 0 Å². The fourth-order valence-electron chi connectivity index (χ4n) is 3.04. The van der Waals surface area contributed by atoms with Crippen LogP contribution in [-0.2, 0) is 17.8 Å². The standard InChI is InChI=1S/C18H20N2O2/c1-22-16-8-7-14-10-17(13-5-3-2-4-6-13)20(18(21)11-19)12-15(14)9-16/h2-9,17H,10-12,19H2,1H3. The van der Waals surface area contributed by atoms with E-state index in [4.69, 9.17) is 10.5 Å². The molecule has 0 fully saturated rings. The van der Waals surface area contributed by atoms with Crippen LogP contribution in [0.1, 0.15) is 22.7 Å². The molecule has 0 aromatic heterocycles. The number of carbonyl (C=O) groups is 1. The molecule has 2 N–H and O–H groups in total. The van der Waals surface area contributed by atoms with Crippen LogP contribution in [0.5, 0.6) is 5.75 Å². The number of benzene rings is 2. The summed E-state index contributed by atoms with van der Waals surface area (Å²) in [6.45, 7) is 0.602. The van der Waals surface area contributed by atoms with Gasteiger partial charge in [0.1, 0.15) is 5.75 Å². The van der Waals surface area contributed by atoms with Crippen molar-refractivity contribution in [2.75, 3.05) is 13.7 Å². The van der Waals surface area contributed by atoms with Crippen LogP contribution >= 0.6 is 0 Å². The van der Waals surface area contributed by atoms with Gasteiger partial charge in [-0.2, -0.15) is 0 Å². The van der Waals surface area contributed by atoms with Crippen LogP contribution in [0, 0.1) is 0 Å². The summed E-state index contributed by atoms with van der Waals surface area (Å²) in [4.78, 5) is 14.2. The number of carbonyl (C=O) groups excluding carboxylic acids is 1. The maximum Gasteiger partial charge on any atom is 0.237 e. The molecular formula is C18H20N2O2. The lowest BCUT2D eigenvalue weighted by Crippen LogP contribution is -2.42. The third kappa shape index (κ3) is 2.70. The molecule has 1 amide bonds. The molecule has 0 saturated carbocycles. The molecule has 0 radical (unpaired) electrons. The number of ether oxygens (including phenoxy) is 1. The van der Waals surface area contributed by atoms with Crippen molar-refractivity contribution in [3.05, 3.63) is 65.2 Å². The van der Waals surface area contributed by atoms with Crippen molar-refractivity contribution in [2.24, 2.45) is 5.73 Å². The molecule has 0 spiro atoms. The predicted molar refractivity (Wildman–Crippen MR) is 85.5 cm³/mol. The molecule has 0 aliphatic carbocycles. The second-order valence-electron chi connectivity index (χ2n) is 5.49. The Bertz CT molecular complexity index is 670. The van der Waals surface area contributed by atoms with Crippen molar-refractivity contribution in [3.8, 4) is 5.75 Å². The Morgan fingerprint density at radius 3 is 2.68 bits per heavy atom. The number of hydrogen-bond donors (Lipinski definition) is 1. The normalized spacial score (nSPS) is 17.0. The van der Waals surface area contributed by atoms with E-state index in [9.17, 15) is 4.79 Å². The molecule has 22 heavy (non-hydrogen) atoms. The van der Waals surface area contributed by atoms with Crippen LogP contribution in [0.2, 0.25) is 0 Å². The molecule has 0 bridgehead atoms. The zero-order valence-corrected chi connectivity index (χ0v) is 12.7. The van der Waals surface area contributed by atoms with Gasteiger partial charge in [0.25, 0.3) is 0 Å². The highest BCUT2D eigenvalue weighted by molar-refractivity contribution is 5.79. The molecule has 3 rings (SSSR count). The van der Waals surface area contributed by atoms with Gasteiger partial charge in [-0.25, -0.2) is 0 Å². The van der Waals surface area contributed by atoms with Gasteiger partial charge in [-0.15, -0.1) is 0 Å². The summed E-state index contributed by atoms with van der Waals surface area (Å²) in [7, 11) is 1.65. The van der Waals surface area contributed by atoms with E-state index < -0.39 is 0 Å². The molecule has 1 aliphatic heterocycles. The van der Waals surface area contributed by atoms with Gasteiger partial charge in [-0.05, 0) is 35.2 Å². The maximum atomic E-state index is 12.3. The molecule has 1 aliphatic rings. The van der Waals surface area contributed by atoms with E-state index in [0.717, 1.165) is 23.3 Å². The van der Waals surface area contributed by atoms with Crippen LogP contribution in [0.4, 0.5) is 0 Å². The third-order valence-corrected chi connectivity index (χ3v) is 4.22. The van der Waals surface area contributed by atoms with Crippen molar-refractivity contribution in [1.29, 1.82) is 0 Å². The Balaban J connectivity index is 1.99. The van der Waals surface area contributed by atoms with E-state index in [1.807, 2.05) is 35.2 Å². The molecule has 2 aromatic carbocycles. The van der Waals surface area contributed by atoms with Crippen LogP contribution in [0.15, 0.2) is 48.5 Å². The average molecular weight is 296 g/mol. The number of nitrogens with two attached hydrogens (primary N) is 1. The van der Waals surface area contributed by atoms with E-state index >= 15 is 0 Å². The van der Waals surface area contributed by atoms with Crippen molar-refractivity contribution < 1.29 is 9.53 Å². The van der Waals surface area contributed by atoms with E-state index in [2.05, 4.69) is 18.2 Å². The summed E-state index contributed by atoms with van der Waals surface area (Å²) < 4.78 is 5.29. The molecule has 2 aromatic rings. The summed E-state index contributed by atoms with van der Waals surface area (Å²) in [5.41, 5.74) is 9.14. The quantitative estimate of drug-likeness (QED) is 0.945. The zero-order valence-electron chi connectivity index (χ0n) is 12.7. The molecule has 114 valence electrons. The Labute approximate surface area is 130 Å². The molecule has 4 heteroatoms. The number of rotatable bonds is 3. The molecule has 1 atom stereocenters. The fourth-order valence-corrected chi connectivity index (χ4v) is 3.04. The lowest BCUT2D eigenvalue weighted by Gasteiger charge is -2.37. The first kappa shape index (κ1) is 14.6. The minimum atomic E-state index is -0.0256. The molecule has 0 saturated heterocycles. The van der Waals surface area contributed by atoms with Gasteiger partial charge in [0.2, 0.25) is 5.91 Å². The zero-order chi connectivity index (χ0) is 15.5. The first-order chi connectivity index (χ1) is 10.7. The van der Waals surface area contributed by atoms with Crippen LogP contribution in [0.25, 0.3) is 0 Å². The smallest absolute Gasteiger partial charge is 0.237 e. The molecule has 1 unspecified atom stereocenters. The van der Waals surface area contributed by atoms with Crippen LogP contribution in [-0.4, -0.2) is 24.5 Å². The van der Waals surface area contributed by atoms with Gasteiger partial charge < -0.3 is 15.4 Å². The Morgan fingerprint density at radius 1 is 1.23 bits per heavy atom. The molecule has 1 heterocycles. The lowest BCUT2D eigenvalue weighted by atomic mass is 9.89. The summed E-state index contributed by atoms with van der Waals surface area (Å²) in [5, 5.41) is 0. The van der Waals surface area contributed by atoms with Crippen molar-refractivity contribution >= 4 is 5.91 Å². The second kappa shape index (κ2) is 6.20. The Morgan fingerprint density at radius 2 is 2.00 bits per heavy atom. The van der Waals surface area contributed by atoms with Crippen LogP contribution < -0.4 is 10.5 Å². The van der Waals surface area contributed by atoms with E-state index in [1.54, 1.807) is 7.11 Å². The summed E-state index contributed by atoms with van der Waals surface area (Å²) in [6, 6.07) is 16.2. The van der Waals surface area contributed by atoms with Crippen molar-refractivity contribution in [1.82, 2.24) is 4.90 Å². The fraction of sp³-hybridized carbons (Fsp3) is 0.278. The summed E-state index contributed by atoms with van der Waals surface area (Å²) >= 11 is 0. The second-order valence-corrected chi connectivity index (χ2v) is 5.49. The average Bonchev–Trinajstić information content (AvgIpc) is 2.60. The van der Waals surface area contributed by atoms with E-state index in [0.29, 0.717) is 6.54 Å². The number of amides is 1. The topological polar surface area (TPSA) is 55.6 Å². The molecular weight excluding hydrogens is 276 g/mol. The van der Waals surface area contributed by atoms with E-state index in [-0.39, 0.29) is 18.5 Å². The number of methoxy groups -OCH3 is 1. The van der Waals surface area contributed by atoms with Gasteiger partial charge in [-0.1, -0.05) is 36.4 Å². The van der Waals surface area contributed by atoms with Crippen LogP contribution in [0.3, 0.4) is 0 Å². The first-order valence-corrected chi connectivity index (χ1v) is 7.43. The summed E-state index contributed by atoms with van der Waals surface area (Å²) in [5.74, 6) is 0.791. The lowest BCUT2D eigenvalue weighted by molar-refractivity contribution is -0.133. The number of fused-ring (bicyclic) bond motifs is 1. The largest absolute Gasteiger partial charge is 0.497 e. The Kier molecular flexibility index (Phi) is 4.11. The number of nitrogens with zero attached hydrogens (tertiary/aromatic N) is 1. The minimum absolute atomic E-state index is 0.0256. The Hall–Kier alpha value is -2.33.